The van der Waals surface area contributed by atoms with E-state index in [2.05, 4.69) is 21.2 Å². The average molecular weight is 399 g/mol. The van der Waals surface area contributed by atoms with Gasteiger partial charge >= 0.3 is 5.69 Å². The molecule has 0 unspecified atom stereocenters. The van der Waals surface area contributed by atoms with Gasteiger partial charge < -0.3 is 5.32 Å². The van der Waals surface area contributed by atoms with Gasteiger partial charge in [-0.05, 0) is 42.8 Å². The number of nitrogens with zero attached hydrogens (tertiary/aromatic N) is 1. The number of hydrogen-bond donors (Lipinski definition) is 1. The molecule has 0 radical (unpaired) electrons. The van der Waals surface area contributed by atoms with Crippen molar-refractivity contribution in [2.75, 3.05) is 11.1 Å². The predicted molar refractivity (Wildman–Crippen MR) is 91.3 cm³/mol. The molecule has 0 atom stereocenters. The lowest BCUT2D eigenvalue weighted by molar-refractivity contribution is -0.387. The number of anilines is 1. The van der Waals surface area contributed by atoms with Gasteiger partial charge in [0.15, 0.2) is 0 Å². The summed E-state index contributed by atoms with van der Waals surface area (Å²) in [7, 11) is 0. The lowest BCUT2D eigenvalue weighted by Crippen LogP contribution is -2.14. The fourth-order valence-corrected chi connectivity index (χ4v) is 3.13. The highest BCUT2D eigenvalue weighted by Gasteiger charge is 2.15. The third-order valence-electron chi connectivity index (χ3n) is 2.92. The first kappa shape index (κ1) is 17.4. The third-order valence-corrected chi connectivity index (χ3v) is 4.59. The van der Waals surface area contributed by atoms with Crippen molar-refractivity contribution in [3.63, 3.8) is 0 Å². The van der Waals surface area contributed by atoms with Gasteiger partial charge in [0.1, 0.15) is 0 Å². The number of halogens is 2. The van der Waals surface area contributed by atoms with Crippen LogP contribution < -0.4 is 5.32 Å². The largest absolute Gasteiger partial charge is 0.325 e. The summed E-state index contributed by atoms with van der Waals surface area (Å²) < 4.78 is 14.2. The Morgan fingerprint density at radius 1 is 1.35 bits per heavy atom. The maximum absolute atomic E-state index is 13.2. The zero-order valence-corrected chi connectivity index (χ0v) is 14.4. The topological polar surface area (TPSA) is 72.2 Å². The highest BCUT2D eigenvalue weighted by molar-refractivity contribution is 9.10. The zero-order valence-electron chi connectivity index (χ0n) is 12.0. The first-order valence-electron chi connectivity index (χ1n) is 6.49. The van der Waals surface area contributed by atoms with E-state index in [-0.39, 0.29) is 17.3 Å². The Kier molecular flexibility index (Phi) is 5.73. The van der Waals surface area contributed by atoms with Gasteiger partial charge in [0.2, 0.25) is 11.7 Å². The molecule has 8 heteroatoms. The number of hydrogen-bond acceptors (Lipinski definition) is 4. The van der Waals surface area contributed by atoms with Crippen molar-refractivity contribution in [1.82, 2.24) is 0 Å². The second-order valence-electron chi connectivity index (χ2n) is 4.67. The van der Waals surface area contributed by atoms with E-state index in [0.717, 1.165) is 27.1 Å². The molecular weight excluding hydrogens is 387 g/mol. The van der Waals surface area contributed by atoms with E-state index in [1.54, 1.807) is 0 Å². The number of rotatable bonds is 5. The van der Waals surface area contributed by atoms with Gasteiger partial charge in [-0.1, -0.05) is 15.9 Å². The van der Waals surface area contributed by atoms with Gasteiger partial charge in [0.25, 0.3) is 0 Å². The van der Waals surface area contributed by atoms with Crippen LogP contribution in [0.3, 0.4) is 0 Å². The molecule has 2 aromatic rings. The van der Waals surface area contributed by atoms with Crippen molar-refractivity contribution >= 4 is 45.0 Å². The van der Waals surface area contributed by atoms with Crippen molar-refractivity contribution in [3.05, 3.63) is 62.4 Å². The Hall–Kier alpha value is -1.93. The van der Waals surface area contributed by atoms with Crippen LogP contribution in [0.4, 0.5) is 15.8 Å². The van der Waals surface area contributed by atoms with Gasteiger partial charge in [-0.2, -0.15) is 4.39 Å². The van der Waals surface area contributed by atoms with Crippen LogP contribution in [0.1, 0.15) is 5.56 Å². The second kappa shape index (κ2) is 7.56. The molecule has 0 aliphatic heterocycles. The fraction of sp³-hybridized carbons (Fsp3) is 0.133. The van der Waals surface area contributed by atoms with Crippen LogP contribution in [-0.2, 0) is 4.79 Å². The molecule has 23 heavy (non-hydrogen) atoms. The summed E-state index contributed by atoms with van der Waals surface area (Å²) >= 11 is 4.73. The van der Waals surface area contributed by atoms with Crippen LogP contribution in [0.25, 0.3) is 0 Å². The van der Waals surface area contributed by atoms with Crippen molar-refractivity contribution in [2.24, 2.45) is 0 Å². The SMILES string of the molecule is Cc1cc(Br)ccc1SCC(=O)Nc1ccc(F)c([N+](=O)[O-])c1. The Morgan fingerprint density at radius 3 is 2.74 bits per heavy atom. The van der Waals surface area contributed by atoms with Crippen LogP contribution in [0.5, 0.6) is 0 Å². The van der Waals surface area contributed by atoms with E-state index < -0.39 is 16.4 Å². The summed E-state index contributed by atoms with van der Waals surface area (Å²) in [4.78, 5) is 22.7. The number of carbonyl (C=O) groups excluding carboxylic acids is 1. The molecule has 1 amide bonds. The van der Waals surface area contributed by atoms with E-state index in [9.17, 15) is 19.3 Å². The van der Waals surface area contributed by atoms with Gasteiger partial charge in [-0.15, -0.1) is 11.8 Å². The lowest BCUT2D eigenvalue weighted by Gasteiger charge is -2.07. The molecule has 2 rings (SSSR count). The first-order valence-corrected chi connectivity index (χ1v) is 8.27. The highest BCUT2D eigenvalue weighted by Crippen LogP contribution is 2.26. The number of nitrogens with one attached hydrogen (secondary N) is 1. The molecule has 0 heterocycles. The van der Waals surface area contributed by atoms with E-state index in [0.29, 0.717) is 0 Å². The van der Waals surface area contributed by atoms with Crippen LogP contribution in [0, 0.1) is 22.9 Å². The molecule has 0 fully saturated rings. The minimum absolute atomic E-state index is 0.146. The molecule has 1 N–H and O–H groups in total. The zero-order chi connectivity index (χ0) is 17.0. The standard InChI is InChI=1S/C15H12BrFN2O3S/c1-9-6-10(16)2-5-14(9)23-8-15(20)18-11-3-4-12(17)13(7-11)19(21)22/h2-7H,8H2,1H3,(H,18,20). The summed E-state index contributed by atoms with van der Waals surface area (Å²) in [5.74, 6) is -1.11. The molecule has 0 aromatic heterocycles. The van der Waals surface area contributed by atoms with Crippen molar-refractivity contribution in [3.8, 4) is 0 Å². The monoisotopic (exact) mass is 398 g/mol. The van der Waals surface area contributed by atoms with Crippen LogP contribution in [-0.4, -0.2) is 16.6 Å². The molecule has 0 aliphatic carbocycles. The number of amides is 1. The molecular formula is C15H12BrFN2O3S. The number of carbonyl (C=O) groups is 1. The van der Waals surface area contributed by atoms with Crippen LogP contribution in [0.15, 0.2) is 45.8 Å². The van der Waals surface area contributed by atoms with E-state index >= 15 is 0 Å². The highest BCUT2D eigenvalue weighted by atomic mass is 79.9. The van der Waals surface area contributed by atoms with E-state index in [4.69, 9.17) is 0 Å². The Morgan fingerprint density at radius 2 is 2.09 bits per heavy atom. The summed E-state index contributed by atoms with van der Waals surface area (Å²) in [5, 5.41) is 13.2. The van der Waals surface area contributed by atoms with Crippen LogP contribution in [0.2, 0.25) is 0 Å². The Balaban J connectivity index is 2.00. The van der Waals surface area contributed by atoms with Crippen molar-refractivity contribution in [2.45, 2.75) is 11.8 Å². The van der Waals surface area contributed by atoms with Gasteiger partial charge in [0.05, 0.1) is 10.7 Å². The molecule has 2 aromatic carbocycles. The average Bonchev–Trinajstić information content (AvgIpc) is 2.48. The van der Waals surface area contributed by atoms with Gasteiger partial charge in [-0.25, -0.2) is 0 Å². The fourth-order valence-electron chi connectivity index (χ4n) is 1.85. The molecule has 120 valence electrons. The van der Waals surface area contributed by atoms with E-state index in [1.165, 1.54) is 17.8 Å². The Bertz CT molecular complexity index is 770. The smallest absolute Gasteiger partial charge is 0.306 e. The molecule has 0 spiro atoms. The number of benzene rings is 2. The second-order valence-corrected chi connectivity index (χ2v) is 6.60. The summed E-state index contributed by atoms with van der Waals surface area (Å²) in [5.41, 5.74) is 0.560. The third kappa shape index (κ3) is 4.77. The van der Waals surface area contributed by atoms with Crippen LogP contribution >= 0.6 is 27.7 Å². The first-order chi connectivity index (χ1) is 10.9. The van der Waals surface area contributed by atoms with Crippen molar-refractivity contribution in [1.29, 1.82) is 0 Å². The normalized spacial score (nSPS) is 10.4. The minimum atomic E-state index is -0.937. The molecule has 0 saturated carbocycles. The number of nitro benzene ring substituents is 1. The summed E-state index contributed by atoms with van der Waals surface area (Å²) in [6.45, 7) is 1.94. The summed E-state index contributed by atoms with van der Waals surface area (Å²) in [6, 6.07) is 8.98. The van der Waals surface area contributed by atoms with E-state index in [1.807, 2.05) is 25.1 Å². The van der Waals surface area contributed by atoms with Crippen molar-refractivity contribution < 1.29 is 14.1 Å². The Labute approximate surface area is 144 Å². The molecule has 5 nitrogen and oxygen atoms in total. The van der Waals surface area contributed by atoms with Gasteiger partial charge in [0, 0.05) is 21.1 Å². The number of aryl methyl sites for hydroxylation is 1. The number of thioether (sulfide) groups is 1. The quantitative estimate of drug-likeness (QED) is 0.455. The maximum Gasteiger partial charge on any atom is 0.306 e. The minimum Gasteiger partial charge on any atom is -0.325 e. The molecule has 0 saturated heterocycles. The molecule has 0 aliphatic rings. The predicted octanol–water partition coefficient (Wildman–Crippen LogP) is 4.54. The van der Waals surface area contributed by atoms with Gasteiger partial charge in [-0.3, -0.25) is 14.9 Å². The molecule has 0 bridgehead atoms. The summed E-state index contributed by atoms with van der Waals surface area (Å²) in [6.07, 6.45) is 0. The lowest BCUT2D eigenvalue weighted by atomic mass is 10.2. The number of nitro groups is 1. The maximum atomic E-state index is 13.2.